The lowest BCUT2D eigenvalue weighted by Crippen LogP contribution is -2.61. The van der Waals surface area contributed by atoms with Gasteiger partial charge in [0.15, 0.2) is 0 Å². The third kappa shape index (κ3) is 2.80. The highest BCUT2D eigenvalue weighted by atomic mass is 15.3. The molecule has 0 spiro atoms. The summed E-state index contributed by atoms with van der Waals surface area (Å²) in [7, 11) is 2.18. The summed E-state index contributed by atoms with van der Waals surface area (Å²) < 4.78 is 0. The van der Waals surface area contributed by atoms with Crippen LogP contribution in [0, 0.1) is 29.1 Å². The highest BCUT2D eigenvalue weighted by molar-refractivity contribution is 5.15. The Labute approximate surface area is 118 Å². The van der Waals surface area contributed by atoms with Crippen molar-refractivity contribution in [1.82, 2.24) is 9.80 Å². The van der Waals surface area contributed by atoms with Gasteiger partial charge >= 0.3 is 0 Å². The molecule has 3 nitrogen and oxygen atoms in total. The van der Waals surface area contributed by atoms with E-state index >= 15 is 0 Å². The van der Waals surface area contributed by atoms with Crippen molar-refractivity contribution in [3.63, 3.8) is 0 Å². The monoisotopic (exact) mass is 263 g/mol. The number of likely N-dealkylation sites (N-methyl/N-ethyl adjacent to an activating group) is 1. The molecular formula is C16H29N3. The summed E-state index contributed by atoms with van der Waals surface area (Å²) in [6, 6.07) is 2.77. The van der Waals surface area contributed by atoms with E-state index in [2.05, 4.69) is 43.7 Å². The number of piperazine rings is 1. The van der Waals surface area contributed by atoms with Gasteiger partial charge in [0.1, 0.15) is 5.54 Å². The third-order valence-electron chi connectivity index (χ3n) is 5.31. The van der Waals surface area contributed by atoms with E-state index in [0.29, 0.717) is 17.8 Å². The first kappa shape index (κ1) is 14.8. The SMILES string of the molecule is CC1CCC(C(C)C)C(C#N)(N2CCN(C)CC2)C1. The number of hydrogen-bond donors (Lipinski definition) is 0. The van der Waals surface area contributed by atoms with Crippen LogP contribution >= 0.6 is 0 Å². The molecule has 1 aliphatic carbocycles. The van der Waals surface area contributed by atoms with E-state index in [4.69, 9.17) is 0 Å². The van der Waals surface area contributed by atoms with Crippen LogP contribution in [0.25, 0.3) is 0 Å². The second-order valence-electron chi connectivity index (χ2n) is 7.06. The molecule has 1 saturated carbocycles. The zero-order valence-electron chi connectivity index (χ0n) is 13.0. The molecule has 0 radical (unpaired) electrons. The molecule has 0 bridgehead atoms. The minimum absolute atomic E-state index is 0.201. The Hall–Kier alpha value is -0.590. The molecule has 0 aromatic heterocycles. The lowest BCUT2D eigenvalue weighted by molar-refractivity contribution is -0.0179. The fourth-order valence-corrected chi connectivity index (χ4v) is 4.14. The van der Waals surface area contributed by atoms with Gasteiger partial charge in [-0.3, -0.25) is 4.90 Å². The first-order valence-electron chi connectivity index (χ1n) is 7.84. The summed E-state index contributed by atoms with van der Waals surface area (Å²) >= 11 is 0. The van der Waals surface area contributed by atoms with Crippen molar-refractivity contribution in [2.24, 2.45) is 17.8 Å². The minimum Gasteiger partial charge on any atom is -0.304 e. The van der Waals surface area contributed by atoms with Crippen LogP contribution in [-0.2, 0) is 0 Å². The number of rotatable bonds is 2. The Morgan fingerprint density at radius 1 is 1.16 bits per heavy atom. The summed E-state index contributed by atoms with van der Waals surface area (Å²) in [5.74, 6) is 1.83. The van der Waals surface area contributed by atoms with Gasteiger partial charge in [-0.2, -0.15) is 5.26 Å². The molecule has 2 fully saturated rings. The Kier molecular flexibility index (Phi) is 4.53. The van der Waals surface area contributed by atoms with Gasteiger partial charge in [0.2, 0.25) is 0 Å². The fourth-order valence-electron chi connectivity index (χ4n) is 4.14. The van der Waals surface area contributed by atoms with E-state index in [1.54, 1.807) is 0 Å². The van der Waals surface area contributed by atoms with Crippen LogP contribution in [-0.4, -0.2) is 48.6 Å². The molecule has 3 unspecified atom stereocenters. The zero-order chi connectivity index (χ0) is 14.0. The van der Waals surface area contributed by atoms with Crippen LogP contribution in [0.15, 0.2) is 0 Å². The van der Waals surface area contributed by atoms with Crippen LogP contribution in [0.1, 0.15) is 40.0 Å². The van der Waals surface area contributed by atoms with Gasteiger partial charge in [0.25, 0.3) is 0 Å². The maximum Gasteiger partial charge on any atom is 0.112 e. The molecule has 0 N–H and O–H groups in total. The lowest BCUT2D eigenvalue weighted by Gasteiger charge is -2.52. The van der Waals surface area contributed by atoms with Gasteiger partial charge in [-0.25, -0.2) is 0 Å². The molecule has 3 atom stereocenters. The van der Waals surface area contributed by atoms with Gasteiger partial charge in [-0.05, 0) is 37.6 Å². The molecule has 1 heterocycles. The van der Waals surface area contributed by atoms with Crippen molar-refractivity contribution in [3.05, 3.63) is 0 Å². The maximum atomic E-state index is 9.99. The second kappa shape index (κ2) is 5.81. The highest BCUT2D eigenvalue weighted by Crippen LogP contribution is 2.44. The molecule has 1 aliphatic heterocycles. The predicted octanol–water partition coefficient (Wildman–Crippen LogP) is 2.59. The van der Waals surface area contributed by atoms with Crippen LogP contribution in [0.2, 0.25) is 0 Å². The van der Waals surface area contributed by atoms with E-state index < -0.39 is 0 Å². The van der Waals surface area contributed by atoms with E-state index in [1.165, 1.54) is 12.8 Å². The van der Waals surface area contributed by atoms with E-state index in [0.717, 1.165) is 32.6 Å². The highest BCUT2D eigenvalue weighted by Gasteiger charge is 2.49. The number of nitriles is 1. The molecule has 0 aromatic carbocycles. The van der Waals surface area contributed by atoms with E-state index in [-0.39, 0.29) is 5.54 Å². The summed E-state index contributed by atoms with van der Waals surface area (Å²) in [5, 5.41) is 9.99. The third-order valence-corrected chi connectivity index (χ3v) is 5.31. The predicted molar refractivity (Wildman–Crippen MR) is 78.8 cm³/mol. The largest absolute Gasteiger partial charge is 0.304 e. The molecule has 3 heteroatoms. The van der Waals surface area contributed by atoms with Crippen molar-refractivity contribution in [3.8, 4) is 6.07 Å². The quantitative estimate of drug-likeness (QED) is 0.767. The minimum atomic E-state index is -0.201. The molecule has 19 heavy (non-hydrogen) atoms. The maximum absolute atomic E-state index is 9.99. The smallest absolute Gasteiger partial charge is 0.112 e. The zero-order valence-corrected chi connectivity index (χ0v) is 13.0. The van der Waals surface area contributed by atoms with Crippen molar-refractivity contribution < 1.29 is 0 Å². The molecule has 0 amide bonds. The van der Waals surface area contributed by atoms with E-state index in [9.17, 15) is 5.26 Å². The molecule has 2 aliphatic rings. The Morgan fingerprint density at radius 3 is 2.32 bits per heavy atom. The summed E-state index contributed by atoms with van der Waals surface area (Å²) in [6.07, 6.45) is 3.58. The number of nitrogens with zero attached hydrogens (tertiary/aromatic N) is 3. The van der Waals surface area contributed by atoms with Crippen molar-refractivity contribution in [2.75, 3.05) is 33.2 Å². The van der Waals surface area contributed by atoms with Gasteiger partial charge in [0, 0.05) is 26.2 Å². The van der Waals surface area contributed by atoms with Gasteiger partial charge in [-0.1, -0.05) is 27.2 Å². The van der Waals surface area contributed by atoms with Crippen LogP contribution in [0.4, 0.5) is 0 Å². The Balaban J connectivity index is 2.24. The Morgan fingerprint density at radius 2 is 1.79 bits per heavy atom. The fraction of sp³-hybridized carbons (Fsp3) is 0.938. The first-order valence-corrected chi connectivity index (χ1v) is 7.84. The van der Waals surface area contributed by atoms with Crippen molar-refractivity contribution >= 4 is 0 Å². The van der Waals surface area contributed by atoms with Crippen molar-refractivity contribution in [1.29, 1.82) is 5.26 Å². The molecule has 2 rings (SSSR count). The standard InChI is InChI=1S/C16H29N3/c1-13(2)15-6-5-14(3)11-16(15,12-17)19-9-7-18(4)8-10-19/h13-15H,5-11H2,1-4H3. The van der Waals surface area contributed by atoms with Gasteiger partial charge < -0.3 is 4.90 Å². The van der Waals surface area contributed by atoms with E-state index in [1.807, 2.05) is 0 Å². The molecule has 0 aromatic rings. The van der Waals surface area contributed by atoms with Crippen molar-refractivity contribution in [2.45, 2.75) is 45.6 Å². The first-order chi connectivity index (χ1) is 8.99. The van der Waals surface area contributed by atoms with Gasteiger partial charge in [0.05, 0.1) is 6.07 Å². The summed E-state index contributed by atoms with van der Waals surface area (Å²) in [5.41, 5.74) is -0.201. The second-order valence-corrected chi connectivity index (χ2v) is 7.06. The van der Waals surface area contributed by atoms with Crippen LogP contribution < -0.4 is 0 Å². The van der Waals surface area contributed by atoms with Crippen LogP contribution in [0.3, 0.4) is 0 Å². The molecule has 108 valence electrons. The average molecular weight is 263 g/mol. The lowest BCUT2D eigenvalue weighted by atomic mass is 9.64. The molecular weight excluding hydrogens is 234 g/mol. The Bertz CT molecular complexity index is 338. The van der Waals surface area contributed by atoms with Crippen LogP contribution in [0.5, 0.6) is 0 Å². The molecule has 1 saturated heterocycles. The summed E-state index contributed by atoms with van der Waals surface area (Å²) in [6.45, 7) is 11.2. The number of hydrogen-bond acceptors (Lipinski definition) is 3. The normalized spacial score (nSPS) is 38.3. The topological polar surface area (TPSA) is 30.3 Å². The van der Waals surface area contributed by atoms with Gasteiger partial charge in [-0.15, -0.1) is 0 Å². The summed E-state index contributed by atoms with van der Waals surface area (Å²) in [4.78, 5) is 4.88. The average Bonchev–Trinajstić information content (AvgIpc) is 2.38.